The van der Waals surface area contributed by atoms with Crippen molar-refractivity contribution in [3.05, 3.63) is 102 Å². The number of para-hydroxylation sites is 1. The molecule has 4 nitrogen and oxygen atoms in total. The Balaban J connectivity index is 1.90. The molecule has 0 heterocycles. The van der Waals surface area contributed by atoms with E-state index >= 15 is 0 Å². The highest BCUT2D eigenvalue weighted by molar-refractivity contribution is 7.80. The van der Waals surface area contributed by atoms with Crippen LogP contribution < -0.4 is 9.64 Å². The normalized spacial score (nSPS) is 10.7. The van der Waals surface area contributed by atoms with Gasteiger partial charge in [-0.2, -0.15) is 0 Å². The fourth-order valence-corrected chi connectivity index (χ4v) is 3.94. The lowest BCUT2D eigenvalue weighted by atomic mass is 10.0. The molecule has 0 saturated carbocycles. The van der Waals surface area contributed by atoms with Gasteiger partial charge in [0.25, 0.3) is 0 Å². The molecule has 1 N–H and O–H groups in total. The van der Waals surface area contributed by atoms with Crippen LogP contribution in [-0.4, -0.2) is 18.1 Å². The molecule has 0 aliphatic heterocycles. The second-order valence-corrected chi connectivity index (χ2v) is 8.18. The van der Waals surface area contributed by atoms with Gasteiger partial charge in [-0.25, -0.2) is 13.6 Å². The molecular formula is C27H21F2NO3S. The zero-order chi connectivity index (χ0) is 24.4. The van der Waals surface area contributed by atoms with Gasteiger partial charge in [0.2, 0.25) is 0 Å². The van der Waals surface area contributed by atoms with E-state index in [2.05, 4.69) is 12.6 Å². The predicted molar refractivity (Wildman–Crippen MR) is 132 cm³/mol. The topological polar surface area (TPSA) is 49.8 Å². The summed E-state index contributed by atoms with van der Waals surface area (Å²) in [5, 5.41) is 9.37. The summed E-state index contributed by atoms with van der Waals surface area (Å²) in [6.07, 6.45) is 0. The van der Waals surface area contributed by atoms with E-state index in [1.54, 1.807) is 31.2 Å². The highest BCUT2D eigenvalue weighted by Gasteiger charge is 2.19. The fourth-order valence-electron chi connectivity index (χ4n) is 3.60. The van der Waals surface area contributed by atoms with E-state index in [0.29, 0.717) is 38.8 Å². The Morgan fingerprint density at radius 3 is 2.35 bits per heavy atom. The molecule has 0 aromatic heterocycles. The maximum Gasteiger partial charge on any atom is 0.338 e. The number of benzene rings is 4. The molecule has 0 bridgehead atoms. The maximum atomic E-state index is 14.2. The lowest BCUT2D eigenvalue weighted by Crippen LogP contribution is -2.10. The van der Waals surface area contributed by atoms with Crippen LogP contribution in [0.25, 0.3) is 11.1 Å². The Hall–Kier alpha value is -3.84. The van der Waals surface area contributed by atoms with E-state index in [0.717, 1.165) is 11.8 Å². The predicted octanol–water partition coefficient (Wildman–Crippen LogP) is 7.49. The van der Waals surface area contributed by atoms with Gasteiger partial charge in [0.15, 0.2) is 0 Å². The van der Waals surface area contributed by atoms with Gasteiger partial charge >= 0.3 is 5.97 Å². The SMILES string of the molecule is Cc1c(F)cccc1Oc1cc(N(C)c2ccccc2)c(S)cc1-c1ccc(F)c(C(=O)O)c1. The number of aromatic carboxylic acids is 1. The van der Waals surface area contributed by atoms with Crippen LogP contribution in [0.2, 0.25) is 0 Å². The number of hydrogen-bond donors (Lipinski definition) is 2. The van der Waals surface area contributed by atoms with Gasteiger partial charge in [-0.05, 0) is 55.0 Å². The number of hydrogen-bond acceptors (Lipinski definition) is 4. The summed E-state index contributed by atoms with van der Waals surface area (Å²) >= 11 is 4.66. The van der Waals surface area contributed by atoms with E-state index in [4.69, 9.17) is 4.74 Å². The lowest BCUT2D eigenvalue weighted by molar-refractivity contribution is 0.0692. The van der Waals surface area contributed by atoms with Crippen LogP contribution in [0.1, 0.15) is 15.9 Å². The molecule has 0 radical (unpaired) electrons. The smallest absolute Gasteiger partial charge is 0.338 e. The molecule has 0 unspecified atom stereocenters. The van der Waals surface area contributed by atoms with Gasteiger partial charge in [0.1, 0.15) is 23.1 Å². The van der Waals surface area contributed by atoms with Crippen molar-refractivity contribution in [2.45, 2.75) is 11.8 Å². The van der Waals surface area contributed by atoms with E-state index < -0.39 is 23.2 Å². The van der Waals surface area contributed by atoms with Crippen LogP contribution in [0.4, 0.5) is 20.2 Å². The van der Waals surface area contributed by atoms with Gasteiger partial charge in [-0.3, -0.25) is 0 Å². The Morgan fingerprint density at radius 2 is 1.65 bits per heavy atom. The summed E-state index contributed by atoms with van der Waals surface area (Å²) in [6, 6.07) is 21.4. The Labute approximate surface area is 201 Å². The third-order valence-corrected chi connectivity index (χ3v) is 5.89. The minimum Gasteiger partial charge on any atom is -0.478 e. The zero-order valence-electron chi connectivity index (χ0n) is 18.4. The Morgan fingerprint density at radius 1 is 0.912 bits per heavy atom. The Kier molecular flexibility index (Phi) is 6.56. The maximum absolute atomic E-state index is 14.2. The molecule has 0 aliphatic rings. The number of halogens is 2. The third kappa shape index (κ3) is 4.61. The zero-order valence-corrected chi connectivity index (χ0v) is 19.3. The molecule has 4 aromatic carbocycles. The van der Waals surface area contributed by atoms with Crippen LogP contribution in [0, 0.1) is 18.6 Å². The quantitative estimate of drug-likeness (QED) is 0.283. The molecule has 7 heteroatoms. The first-order chi connectivity index (χ1) is 16.3. The van der Waals surface area contributed by atoms with E-state index in [1.807, 2.05) is 42.3 Å². The van der Waals surface area contributed by atoms with Crippen molar-refractivity contribution >= 4 is 30.0 Å². The highest BCUT2D eigenvalue weighted by Crippen LogP contribution is 2.42. The second-order valence-electron chi connectivity index (χ2n) is 7.70. The van der Waals surface area contributed by atoms with Crippen LogP contribution in [0.5, 0.6) is 11.5 Å². The molecule has 0 amide bonds. The summed E-state index contributed by atoms with van der Waals surface area (Å²) in [5.41, 5.74) is 2.40. The highest BCUT2D eigenvalue weighted by atomic mass is 32.1. The molecule has 0 aliphatic carbocycles. The van der Waals surface area contributed by atoms with Crippen molar-refractivity contribution < 1.29 is 23.4 Å². The van der Waals surface area contributed by atoms with Crippen LogP contribution >= 0.6 is 12.6 Å². The summed E-state index contributed by atoms with van der Waals surface area (Å²) < 4.78 is 34.4. The van der Waals surface area contributed by atoms with E-state index in [9.17, 15) is 18.7 Å². The van der Waals surface area contributed by atoms with E-state index in [-0.39, 0.29) is 0 Å². The summed E-state index contributed by atoms with van der Waals surface area (Å²) in [5.74, 6) is -1.99. The number of carboxylic acid groups (broad SMARTS) is 1. The van der Waals surface area contributed by atoms with Crippen molar-refractivity contribution in [2.24, 2.45) is 0 Å². The standard InChI is InChI=1S/C27H21F2NO3S/c1-16-21(28)9-6-10-24(16)33-25-15-23(30(2)18-7-4-3-5-8-18)26(34)14-19(25)17-11-12-22(29)20(13-17)27(31)32/h3-15,34H,1-2H3,(H,31,32). The van der Waals surface area contributed by atoms with Crippen molar-refractivity contribution in [2.75, 3.05) is 11.9 Å². The molecule has 0 saturated heterocycles. The first-order valence-electron chi connectivity index (χ1n) is 10.4. The summed E-state index contributed by atoms with van der Waals surface area (Å²) in [7, 11) is 1.88. The molecule has 4 rings (SSSR count). The number of anilines is 2. The summed E-state index contributed by atoms with van der Waals surface area (Å²) in [4.78, 5) is 14.0. The third-order valence-electron chi connectivity index (χ3n) is 5.53. The van der Waals surface area contributed by atoms with Crippen molar-refractivity contribution in [3.8, 4) is 22.6 Å². The van der Waals surface area contributed by atoms with Crippen molar-refractivity contribution in [1.29, 1.82) is 0 Å². The molecule has 34 heavy (non-hydrogen) atoms. The number of nitrogens with zero attached hydrogens (tertiary/aromatic N) is 1. The van der Waals surface area contributed by atoms with Gasteiger partial charge < -0.3 is 14.7 Å². The average Bonchev–Trinajstić information content (AvgIpc) is 2.83. The monoisotopic (exact) mass is 477 g/mol. The number of ether oxygens (including phenoxy) is 1. The van der Waals surface area contributed by atoms with Gasteiger partial charge in [-0.1, -0.05) is 30.3 Å². The first-order valence-corrected chi connectivity index (χ1v) is 10.8. The number of rotatable bonds is 6. The number of carboxylic acids is 1. The molecule has 0 atom stereocenters. The molecule has 4 aromatic rings. The minimum absolute atomic E-state index is 0.307. The molecule has 0 spiro atoms. The lowest BCUT2D eigenvalue weighted by Gasteiger charge is -2.24. The molecule has 172 valence electrons. The molecular weight excluding hydrogens is 456 g/mol. The first kappa shape index (κ1) is 23.3. The van der Waals surface area contributed by atoms with Gasteiger partial charge in [0, 0.05) is 34.8 Å². The largest absolute Gasteiger partial charge is 0.478 e. The summed E-state index contributed by atoms with van der Waals surface area (Å²) in [6.45, 7) is 1.61. The Bertz CT molecular complexity index is 1380. The van der Waals surface area contributed by atoms with Gasteiger partial charge in [-0.15, -0.1) is 12.6 Å². The van der Waals surface area contributed by atoms with Crippen molar-refractivity contribution in [1.82, 2.24) is 0 Å². The molecule has 0 fully saturated rings. The van der Waals surface area contributed by atoms with Gasteiger partial charge in [0.05, 0.1) is 11.3 Å². The van der Waals surface area contributed by atoms with Crippen LogP contribution in [-0.2, 0) is 0 Å². The number of thiol groups is 1. The second kappa shape index (κ2) is 9.57. The van der Waals surface area contributed by atoms with E-state index in [1.165, 1.54) is 18.2 Å². The fraction of sp³-hybridized carbons (Fsp3) is 0.0741. The van der Waals surface area contributed by atoms with Crippen LogP contribution in [0.3, 0.4) is 0 Å². The average molecular weight is 478 g/mol. The number of carbonyl (C=O) groups is 1. The van der Waals surface area contributed by atoms with Crippen LogP contribution in [0.15, 0.2) is 83.8 Å². The minimum atomic E-state index is -1.38. The van der Waals surface area contributed by atoms with Crippen molar-refractivity contribution in [3.63, 3.8) is 0 Å².